The van der Waals surface area contributed by atoms with Crippen molar-refractivity contribution in [3.8, 4) is 0 Å². The Kier molecular flexibility index (Phi) is 9.24. The summed E-state index contributed by atoms with van der Waals surface area (Å²) in [6.45, 7) is 8.47. The quantitative estimate of drug-likeness (QED) is 0.367. The molecule has 154 valence electrons. The van der Waals surface area contributed by atoms with Crippen LogP contribution in [0.2, 0.25) is 0 Å². The lowest BCUT2D eigenvalue weighted by Gasteiger charge is -2.35. The average Bonchev–Trinajstić information content (AvgIpc) is 3.19. The lowest BCUT2D eigenvalue weighted by Crippen LogP contribution is -2.49. The molecule has 0 bridgehead atoms. The number of aromatic nitrogens is 2. The van der Waals surface area contributed by atoms with Crippen LogP contribution in [-0.2, 0) is 13.1 Å². The molecule has 0 radical (unpaired) electrons. The van der Waals surface area contributed by atoms with Gasteiger partial charge in [0, 0.05) is 57.7 Å². The van der Waals surface area contributed by atoms with Gasteiger partial charge in [0.2, 0.25) is 0 Å². The first-order chi connectivity index (χ1) is 13.1. The van der Waals surface area contributed by atoms with E-state index in [-0.39, 0.29) is 24.0 Å². The minimum atomic E-state index is 0. The van der Waals surface area contributed by atoms with Gasteiger partial charge in [0.25, 0.3) is 0 Å². The molecule has 6 nitrogen and oxygen atoms in total. The molecule has 1 aliphatic heterocycles. The Morgan fingerprint density at radius 2 is 2.00 bits per heavy atom. The molecule has 0 saturated carbocycles. The van der Waals surface area contributed by atoms with Crippen LogP contribution >= 0.6 is 24.0 Å². The zero-order valence-electron chi connectivity index (χ0n) is 17.1. The molecule has 0 atom stereocenters. The van der Waals surface area contributed by atoms with Gasteiger partial charge in [0.05, 0.1) is 6.33 Å². The van der Waals surface area contributed by atoms with Gasteiger partial charge < -0.3 is 20.1 Å². The second kappa shape index (κ2) is 11.4. The molecule has 0 amide bonds. The first-order valence-electron chi connectivity index (χ1n) is 9.89. The number of guanidine groups is 1. The van der Waals surface area contributed by atoms with Crippen LogP contribution in [0.3, 0.4) is 0 Å². The Labute approximate surface area is 185 Å². The predicted molar refractivity (Wildman–Crippen MR) is 126 cm³/mol. The van der Waals surface area contributed by atoms with E-state index in [4.69, 9.17) is 0 Å². The monoisotopic (exact) mass is 496 g/mol. The molecule has 2 heterocycles. The van der Waals surface area contributed by atoms with Gasteiger partial charge >= 0.3 is 0 Å². The summed E-state index contributed by atoms with van der Waals surface area (Å²) in [6, 6.07) is 9.79. The van der Waals surface area contributed by atoms with E-state index in [9.17, 15) is 0 Å². The number of nitrogens with zero attached hydrogens (tertiary/aromatic N) is 4. The van der Waals surface area contributed by atoms with Gasteiger partial charge in [-0.25, -0.2) is 4.98 Å². The molecular formula is C21H33IN6. The summed E-state index contributed by atoms with van der Waals surface area (Å²) in [5.41, 5.74) is 2.53. The Balaban J connectivity index is 0.00000280. The molecule has 7 heteroatoms. The minimum Gasteiger partial charge on any atom is -0.354 e. The third kappa shape index (κ3) is 6.77. The van der Waals surface area contributed by atoms with Gasteiger partial charge in [0.15, 0.2) is 5.96 Å². The summed E-state index contributed by atoms with van der Waals surface area (Å²) < 4.78 is 2.08. The molecule has 0 spiro atoms. The van der Waals surface area contributed by atoms with Crippen LogP contribution < -0.4 is 10.6 Å². The molecule has 28 heavy (non-hydrogen) atoms. The fourth-order valence-electron chi connectivity index (χ4n) is 3.56. The molecule has 3 rings (SSSR count). The highest BCUT2D eigenvalue weighted by Gasteiger charge is 2.21. The van der Waals surface area contributed by atoms with Crippen molar-refractivity contribution in [2.45, 2.75) is 51.9 Å². The number of rotatable bonds is 6. The minimum absolute atomic E-state index is 0. The molecule has 1 aliphatic rings. The zero-order valence-corrected chi connectivity index (χ0v) is 19.5. The maximum atomic E-state index is 4.40. The van der Waals surface area contributed by atoms with E-state index in [0.717, 1.165) is 32.1 Å². The first kappa shape index (κ1) is 22.7. The summed E-state index contributed by atoms with van der Waals surface area (Å²) in [5, 5.41) is 7.05. The number of benzene rings is 1. The molecule has 2 aromatic rings. The van der Waals surface area contributed by atoms with E-state index in [1.807, 2.05) is 25.8 Å². The topological polar surface area (TPSA) is 57.5 Å². The van der Waals surface area contributed by atoms with Gasteiger partial charge in [-0.05, 0) is 37.8 Å². The number of piperidine rings is 1. The van der Waals surface area contributed by atoms with Gasteiger partial charge in [-0.3, -0.25) is 4.99 Å². The third-order valence-electron chi connectivity index (χ3n) is 5.20. The highest BCUT2D eigenvalue weighted by molar-refractivity contribution is 14.0. The van der Waals surface area contributed by atoms with Crippen LogP contribution in [0.5, 0.6) is 0 Å². The van der Waals surface area contributed by atoms with Crippen LogP contribution in [0, 0.1) is 0 Å². The lowest BCUT2D eigenvalue weighted by atomic mass is 10.0. The predicted octanol–water partition coefficient (Wildman–Crippen LogP) is 3.09. The van der Waals surface area contributed by atoms with Crippen molar-refractivity contribution in [1.29, 1.82) is 0 Å². The van der Waals surface area contributed by atoms with Gasteiger partial charge in [-0.2, -0.15) is 0 Å². The van der Waals surface area contributed by atoms with Crippen LogP contribution in [0.25, 0.3) is 0 Å². The second-order valence-electron chi connectivity index (χ2n) is 7.53. The number of hydrogen-bond donors (Lipinski definition) is 2. The van der Waals surface area contributed by atoms with Crippen molar-refractivity contribution in [3.63, 3.8) is 0 Å². The SMILES string of the molecule is CN=C(NCc1cccc(Cn2ccnc2)c1)NC1CCN(C(C)C)CC1.I. The van der Waals surface area contributed by atoms with Crippen LogP contribution in [0.4, 0.5) is 0 Å². The van der Waals surface area contributed by atoms with E-state index in [2.05, 4.69) is 68.2 Å². The first-order valence-corrected chi connectivity index (χ1v) is 9.89. The van der Waals surface area contributed by atoms with E-state index < -0.39 is 0 Å². The lowest BCUT2D eigenvalue weighted by molar-refractivity contribution is 0.167. The summed E-state index contributed by atoms with van der Waals surface area (Å²) in [5.74, 6) is 0.887. The fraction of sp³-hybridized carbons (Fsp3) is 0.524. The molecular weight excluding hydrogens is 463 g/mol. The summed E-state index contributed by atoms with van der Waals surface area (Å²) in [6.07, 6.45) is 7.98. The Hall–Kier alpha value is -1.61. The van der Waals surface area contributed by atoms with E-state index in [1.54, 1.807) is 0 Å². The Bertz CT molecular complexity index is 720. The standard InChI is InChI=1S/C21H32N6.HI/c1-17(2)27-10-7-20(8-11-27)25-21(22-3)24-14-18-5-4-6-19(13-18)15-26-12-9-23-16-26;/h4-6,9,12-13,16-17,20H,7-8,10-11,14-15H2,1-3H3,(H2,22,24,25);1H. The number of aliphatic imine (C=N–C) groups is 1. The maximum absolute atomic E-state index is 4.40. The van der Waals surface area contributed by atoms with E-state index >= 15 is 0 Å². The number of likely N-dealkylation sites (tertiary alicyclic amines) is 1. The van der Waals surface area contributed by atoms with Gasteiger partial charge in [0.1, 0.15) is 0 Å². The van der Waals surface area contributed by atoms with Crippen LogP contribution in [0.15, 0.2) is 48.0 Å². The van der Waals surface area contributed by atoms with Crippen molar-refractivity contribution in [2.24, 2.45) is 4.99 Å². The molecule has 1 aromatic heterocycles. The van der Waals surface area contributed by atoms with E-state index in [0.29, 0.717) is 12.1 Å². The van der Waals surface area contributed by atoms with Gasteiger partial charge in [-0.15, -0.1) is 24.0 Å². The highest BCUT2D eigenvalue weighted by atomic mass is 127. The van der Waals surface area contributed by atoms with Crippen molar-refractivity contribution in [1.82, 2.24) is 25.1 Å². The van der Waals surface area contributed by atoms with Crippen molar-refractivity contribution in [3.05, 3.63) is 54.1 Å². The summed E-state index contributed by atoms with van der Waals surface area (Å²) in [7, 11) is 1.84. The van der Waals surface area contributed by atoms with Crippen molar-refractivity contribution >= 4 is 29.9 Å². The average molecular weight is 496 g/mol. The molecule has 1 aromatic carbocycles. The fourth-order valence-corrected chi connectivity index (χ4v) is 3.56. The second-order valence-corrected chi connectivity index (χ2v) is 7.53. The van der Waals surface area contributed by atoms with E-state index in [1.165, 1.54) is 24.0 Å². The van der Waals surface area contributed by atoms with Crippen molar-refractivity contribution < 1.29 is 0 Å². The molecule has 2 N–H and O–H groups in total. The number of hydrogen-bond acceptors (Lipinski definition) is 3. The highest BCUT2D eigenvalue weighted by Crippen LogP contribution is 2.13. The Morgan fingerprint density at radius 1 is 1.25 bits per heavy atom. The van der Waals surface area contributed by atoms with Crippen LogP contribution in [0.1, 0.15) is 37.8 Å². The third-order valence-corrected chi connectivity index (χ3v) is 5.20. The van der Waals surface area contributed by atoms with Crippen molar-refractivity contribution in [2.75, 3.05) is 20.1 Å². The molecule has 0 unspecified atom stereocenters. The smallest absolute Gasteiger partial charge is 0.191 e. The van der Waals surface area contributed by atoms with Crippen LogP contribution in [-0.4, -0.2) is 52.6 Å². The summed E-state index contributed by atoms with van der Waals surface area (Å²) >= 11 is 0. The summed E-state index contributed by atoms with van der Waals surface area (Å²) in [4.78, 5) is 11.0. The largest absolute Gasteiger partial charge is 0.354 e. The molecule has 1 saturated heterocycles. The normalized spacial score (nSPS) is 16.1. The zero-order chi connectivity index (χ0) is 19.1. The Morgan fingerprint density at radius 3 is 2.64 bits per heavy atom. The van der Waals surface area contributed by atoms with Gasteiger partial charge in [-0.1, -0.05) is 24.3 Å². The number of nitrogens with one attached hydrogen (secondary N) is 2. The number of imidazole rings is 1. The molecule has 1 fully saturated rings. The number of halogens is 1. The molecule has 0 aliphatic carbocycles. The maximum Gasteiger partial charge on any atom is 0.191 e.